The summed E-state index contributed by atoms with van der Waals surface area (Å²) in [6.07, 6.45) is 1.15. The maximum absolute atomic E-state index is 13.5. The van der Waals surface area contributed by atoms with E-state index in [-0.39, 0.29) is 28.9 Å². The van der Waals surface area contributed by atoms with Gasteiger partial charge in [0.2, 0.25) is 0 Å². The predicted octanol–water partition coefficient (Wildman–Crippen LogP) is 3.84. The fraction of sp³-hybridized carbons (Fsp3) is 0.357. The molecule has 0 unspecified atom stereocenters. The van der Waals surface area contributed by atoms with Gasteiger partial charge in [-0.1, -0.05) is 23.2 Å². The number of aromatic nitrogens is 1. The molecule has 0 aliphatic carbocycles. The summed E-state index contributed by atoms with van der Waals surface area (Å²) in [6, 6.07) is 0.767. The van der Waals surface area contributed by atoms with Crippen molar-refractivity contribution in [1.29, 1.82) is 0 Å². The average Bonchev–Trinajstić information content (AvgIpc) is 2.42. The van der Waals surface area contributed by atoms with Crippen molar-refractivity contribution in [2.24, 2.45) is 4.99 Å². The van der Waals surface area contributed by atoms with Crippen LogP contribution in [0.3, 0.4) is 0 Å². The zero-order valence-corrected chi connectivity index (χ0v) is 13.7. The fourth-order valence-corrected chi connectivity index (χ4v) is 1.81. The van der Waals surface area contributed by atoms with Crippen LogP contribution in [0.25, 0.3) is 5.76 Å². The Labute approximate surface area is 137 Å². The third-order valence-corrected chi connectivity index (χ3v) is 2.95. The number of aliphatic imine (C=N–C) groups is 1. The summed E-state index contributed by atoms with van der Waals surface area (Å²) in [5.74, 6) is -2.27. The van der Waals surface area contributed by atoms with E-state index >= 15 is 0 Å². The Balaban J connectivity index is 3.44. The summed E-state index contributed by atoms with van der Waals surface area (Å²) < 4.78 is 18.4. The molecule has 0 aromatic carbocycles. The van der Waals surface area contributed by atoms with Crippen molar-refractivity contribution in [1.82, 2.24) is 4.98 Å². The third kappa shape index (κ3) is 4.68. The highest BCUT2D eigenvalue weighted by Crippen LogP contribution is 2.27. The van der Waals surface area contributed by atoms with Gasteiger partial charge in [0.25, 0.3) is 0 Å². The van der Waals surface area contributed by atoms with Crippen LogP contribution in [0.15, 0.2) is 16.6 Å². The smallest absolute Gasteiger partial charge is 0.343 e. The highest BCUT2D eigenvalue weighted by molar-refractivity contribution is 6.34. The van der Waals surface area contributed by atoms with Crippen molar-refractivity contribution in [2.45, 2.75) is 26.8 Å². The standard InChI is InChI=1S/C14H15Cl2FN2O3/c1-4-22-14(21)9(6-18-7(2)3)11(20)8-5-10(17)13(16)19-12(8)15/h5-7,20H,4H2,1-3H3/b11-9-,18-6?. The summed E-state index contributed by atoms with van der Waals surface area (Å²) in [5.41, 5.74) is -0.428. The second kappa shape index (κ2) is 8.10. The van der Waals surface area contributed by atoms with E-state index < -0.39 is 22.7 Å². The van der Waals surface area contributed by atoms with Crippen LogP contribution >= 0.6 is 23.2 Å². The van der Waals surface area contributed by atoms with Crippen molar-refractivity contribution in [3.05, 3.63) is 33.3 Å². The van der Waals surface area contributed by atoms with Crippen LogP contribution in [0.5, 0.6) is 0 Å². The van der Waals surface area contributed by atoms with E-state index in [1.807, 2.05) is 0 Å². The molecule has 0 fully saturated rings. The quantitative estimate of drug-likeness (QED) is 0.288. The lowest BCUT2D eigenvalue weighted by Crippen LogP contribution is -2.12. The lowest BCUT2D eigenvalue weighted by Gasteiger charge is -2.09. The van der Waals surface area contributed by atoms with Gasteiger partial charge in [-0.25, -0.2) is 14.2 Å². The summed E-state index contributed by atoms with van der Waals surface area (Å²) in [7, 11) is 0. The number of pyridine rings is 1. The zero-order valence-electron chi connectivity index (χ0n) is 12.2. The molecule has 0 aliphatic rings. The SMILES string of the molecule is CCOC(=O)/C(C=NC(C)C)=C(\O)c1cc(F)c(Cl)nc1Cl. The Bertz CT molecular complexity index is 631. The Kier molecular flexibility index (Phi) is 6.77. The van der Waals surface area contributed by atoms with Gasteiger partial charge in [0.15, 0.2) is 11.0 Å². The molecule has 8 heteroatoms. The van der Waals surface area contributed by atoms with Gasteiger partial charge in [-0.05, 0) is 26.8 Å². The van der Waals surface area contributed by atoms with Crippen LogP contribution in [-0.4, -0.2) is 34.9 Å². The maximum atomic E-state index is 13.5. The van der Waals surface area contributed by atoms with Gasteiger partial charge in [0.05, 0.1) is 12.2 Å². The molecule has 0 aliphatic heterocycles. The van der Waals surface area contributed by atoms with Crippen LogP contribution in [0.4, 0.5) is 4.39 Å². The molecule has 22 heavy (non-hydrogen) atoms. The minimum atomic E-state index is -0.878. The first-order valence-corrected chi connectivity index (χ1v) is 7.18. The molecule has 0 atom stereocenters. The molecule has 0 saturated carbocycles. The highest BCUT2D eigenvalue weighted by atomic mass is 35.5. The molecule has 1 aromatic heterocycles. The lowest BCUT2D eigenvalue weighted by molar-refractivity contribution is -0.137. The van der Waals surface area contributed by atoms with Crippen LogP contribution in [-0.2, 0) is 9.53 Å². The molecule has 5 nitrogen and oxygen atoms in total. The number of rotatable bonds is 5. The van der Waals surface area contributed by atoms with E-state index in [0.717, 1.165) is 12.3 Å². The van der Waals surface area contributed by atoms with Gasteiger partial charge >= 0.3 is 5.97 Å². The van der Waals surface area contributed by atoms with E-state index in [1.54, 1.807) is 20.8 Å². The fourth-order valence-electron chi connectivity index (χ4n) is 1.40. The molecule has 1 heterocycles. The Morgan fingerprint density at radius 2 is 2.14 bits per heavy atom. The van der Waals surface area contributed by atoms with Gasteiger partial charge in [-0.3, -0.25) is 4.99 Å². The van der Waals surface area contributed by atoms with Crippen molar-refractivity contribution in [3.63, 3.8) is 0 Å². The number of aliphatic hydroxyl groups is 1. The van der Waals surface area contributed by atoms with Gasteiger partial charge in [-0.2, -0.15) is 0 Å². The average molecular weight is 349 g/mol. The second-order valence-electron chi connectivity index (χ2n) is 4.45. The molecule has 0 radical (unpaired) electrons. The van der Waals surface area contributed by atoms with E-state index in [4.69, 9.17) is 27.9 Å². The molecule has 0 bridgehead atoms. The van der Waals surface area contributed by atoms with Gasteiger partial charge in [0, 0.05) is 12.3 Å². The number of aliphatic hydroxyl groups excluding tert-OH is 1. The first-order chi connectivity index (χ1) is 10.3. The summed E-state index contributed by atoms with van der Waals surface area (Å²) >= 11 is 11.3. The minimum Gasteiger partial charge on any atom is -0.506 e. The Morgan fingerprint density at radius 1 is 1.50 bits per heavy atom. The van der Waals surface area contributed by atoms with E-state index in [9.17, 15) is 14.3 Å². The number of carbonyl (C=O) groups is 1. The molecule has 1 rings (SSSR count). The molecular formula is C14H15Cl2FN2O3. The van der Waals surface area contributed by atoms with Crippen molar-refractivity contribution >= 4 is 41.1 Å². The maximum Gasteiger partial charge on any atom is 0.343 e. The third-order valence-electron chi connectivity index (χ3n) is 2.39. The number of hydrogen-bond donors (Lipinski definition) is 1. The number of esters is 1. The lowest BCUT2D eigenvalue weighted by atomic mass is 10.1. The predicted molar refractivity (Wildman–Crippen MR) is 84.0 cm³/mol. The summed E-state index contributed by atoms with van der Waals surface area (Å²) in [6.45, 7) is 5.29. The first kappa shape index (κ1) is 18.4. The number of carbonyl (C=O) groups excluding carboxylic acids is 1. The van der Waals surface area contributed by atoms with Crippen molar-refractivity contribution in [3.8, 4) is 0 Å². The largest absolute Gasteiger partial charge is 0.506 e. The zero-order chi connectivity index (χ0) is 16.9. The number of ether oxygens (including phenoxy) is 1. The Morgan fingerprint density at radius 3 is 2.68 bits per heavy atom. The van der Waals surface area contributed by atoms with E-state index in [1.165, 1.54) is 0 Å². The topological polar surface area (TPSA) is 71.8 Å². The monoisotopic (exact) mass is 348 g/mol. The van der Waals surface area contributed by atoms with E-state index in [0.29, 0.717) is 0 Å². The molecule has 0 saturated heterocycles. The first-order valence-electron chi connectivity index (χ1n) is 6.43. The van der Waals surface area contributed by atoms with Crippen molar-refractivity contribution in [2.75, 3.05) is 6.61 Å². The molecule has 1 aromatic rings. The van der Waals surface area contributed by atoms with Gasteiger partial charge in [-0.15, -0.1) is 0 Å². The number of nitrogens with zero attached hydrogens (tertiary/aromatic N) is 2. The molecule has 120 valence electrons. The summed E-state index contributed by atoms with van der Waals surface area (Å²) in [4.78, 5) is 19.5. The van der Waals surface area contributed by atoms with Gasteiger partial charge < -0.3 is 9.84 Å². The van der Waals surface area contributed by atoms with Crippen LogP contribution in [0.2, 0.25) is 10.3 Å². The minimum absolute atomic E-state index is 0.103. The number of hydrogen-bond acceptors (Lipinski definition) is 5. The molecule has 0 amide bonds. The van der Waals surface area contributed by atoms with Gasteiger partial charge in [0.1, 0.15) is 16.5 Å². The Hall–Kier alpha value is -1.66. The van der Waals surface area contributed by atoms with Crippen LogP contribution in [0.1, 0.15) is 26.3 Å². The molecule has 1 N–H and O–H groups in total. The molecule has 0 spiro atoms. The normalized spacial score (nSPS) is 12.7. The highest BCUT2D eigenvalue weighted by Gasteiger charge is 2.20. The van der Waals surface area contributed by atoms with Crippen LogP contribution in [0, 0.1) is 5.82 Å². The molecular weight excluding hydrogens is 334 g/mol. The summed E-state index contributed by atoms with van der Waals surface area (Å²) in [5, 5.41) is 9.56. The van der Waals surface area contributed by atoms with Crippen molar-refractivity contribution < 1.29 is 19.0 Å². The number of halogens is 3. The van der Waals surface area contributed by atoms with E-state index in [2.05, 4.69) is 9.98 Å². The second-order valence-corrected chi connectivity index (χ2v) is 5.17. The van der Waals surface area contributed by atoms with Crippen LogP contribution < -0.4 is 0 Å².